The van der Waals surface area contributed by atoms with Crippen molar-refractivity contribution in [1.29, 1.82) is 0 Å². The van der Waals surface area contributed by atoms with Gasteiger partial charge in [0.1, 0.15) is 0 Å². The summed E-state index contributed by atoms with van der Waals surface area (Å²) in [5.41, 5.74) is -5.33. The van der Waals surface area contributed by atoms with Crippen LogP contribution in [0.1, 0.15) is 32.6 Å². The van der Waals surface area contributed by atoms with Gasteiger partial charge in [-0.3, -0.25) is 4.79 Å². The number of thiocarbonyl (C=S) groups is 1. The molecule has 1 atom stereocenters. The van der Waals surface area contributed by atoms with Crippen molar-refractivity contribution in [3.05, 3.63) is 99.6 Å². The smallest absolute Gasteiger partial charge is 0.288 e. The Morgan fingerprint density at radius 1 is 0.788 bits per heavy atom. The third-order valence-electron chi connectivity index (χ3n) is 4.75. The van der Waals surface area contributed by atoms with Crippen LogP contribution < -0.4 is 5.30 Å². The first-order valence-electron chi connectivity index (χ1n) is 9.30. The topological polar surface area (TPSA) is 17.1 Å². The molecule has 0 amide bonds. The number of hydrogen-bond donors (Lipinski definition) is 0. The van der Waals surface area contributed by atoms with Crippen LogP contribution in [0.4, 0.5) is 26.3 Å². The molecule has 0 radical (unpaired) electrons. The fourth-order valence-corrected chi connectivity index (χ4v) is 6.67. The Labute approximate surface area is 197 Å². The molecule has 0 N–H and O–H groups in total. The lowest BCUT2D eigenvalue weighted by Gasteiger charge is -2.24. The van der Waals surface area contributed by atoms with Crippen molar-refractivity contribution in [3.63, 3.8) is 0 Å². The van der Waals surface area contributed by atoms with E-state index in [1.165, 1.54) is 30.3 Å². The van der Waals surface area contributed by atoms with Crippen LogP contribution in [0.2, 0.25) is 5.02 Å². The van der Waals surface area contributed by atoms with Crippen molar-refractivity contribution in [2.75, 3.05) is 0 Å². The molecule has 1 nitrogen and oxygen atoms in total. The monoisotopic (exact) mass is 518 g/mol. The van der Waals surface area contributed by atoms with Crippen LogP contribution in [0.3, 0.4) is 0 Å². The average molecular weight is 519 g/mol. The summed E-state index contributed by atoms with van der Waals surface area (Å²) in [6.45, 7) is 1.64. The summed E-state index contributed by atoms with van der Waals surface area (Å²) >= 11 is 11.8. The molecule has 0 aliphatic rings. The Morgan fingerprint density at radius 3 is 1.79 bits per heavy atom. The second kappa shape index (κ2) is 9.53. The summed E-state index contributed by atoms with van der Waals surface area (Å²) < 4.78 is 82.3. The Hall–Kier alpha value is -2.28. The Kier molecular flexibility index (Phi) is 7.32. The second-order valence-corrected chi connectivity index (χ2v) is 10.1. The van der Waals surface area contributed by atoms with E-state index >= 15 is 0 Å². The van der Waals surface area contributed by atoms with E-state index in [0.29, 0.717) is 23.8 Å². The predicted octanol–water partition coefficient (Wildman–Crippen LogP) is 8.01. The first kappa shape index (κ1) is 25.3. The van der Waals surface area contributed by atoms with Crippen LogP contribution in [0, 0.1) is 6.92 Å². The number of carbonyl (C=O) groups is 1. The van der Waals surface area contributed by atoms with Gasteiger partial charge in [-0.15, -0.1) is 0 Å². The maximum absolute atomic E-state index is 13.7. The molecule has 3 rings (SSSR count). The Bertz CT molecular complexity index is 1160. The van der Waals surface area contributed by atoms with E-state index in [4.69, 9.17) is 23.8 Å². The molecule has 10 heteroatoms. The zero-order valence-corrected chi connectivity index (χ0v) is 19.2. The molecule has 0 aliphatic heterocycles. The highest BCUT2D eigenvalue weighted by Gasteiger charge is 2.45. The zero-order chi connectivity index (χ0) is 24.6. The molecule has 1 unspecified atom stereocenters. The minimum absolute atomic E-state index is 0.102. The number of hydrogen-bond acceptors (Lipinski definition) is 2. The van der Waals surface area contributed by atoms with Gasteiger partial charge in [-0.2, -0.15) is 26.3 Å². The molecule has 0 saturated heterocycles. The lowest BCUT2D eigenvalue weighted by molar-refractivity contribution is -0.143. The van der Waals surface area contributed by atoms with E-state index in [-0.39, 0.29) is 20.5 Å². The summed E-state index contributed by atoms with van der Waals surface area (Å²) in [6.07, 6.45) is -10.4. The van der Waals surface area contributed by atoms with Crippen molar-refractivity contribution < 1.29 is 31.1 Å². The van der Waals surface area contributed by atoms with Crippen molar-refractivity contribution >= 4 is 47.2 Å². The van der Waals surface area contributed by atoms with Gasteiger partial charge in [0.2, 0.25) is 0 Å². The van der Waals surface area contributed by atoms with Crippen LogP contribution >= 0.6 is 31.7 Å². The number of alkyl halides is 6. The largest absolute Gasteiger partial charge is 0.417 e. The van der Waals surface area contributed by atoms with Crippen molar-refractivity contribution in [2.45, 2.75) is 19.3 Å². The zero-order valence-electron chi connectivity index (χ0n) is 16.8. The molecular formula is C23H14ClF6OPS. The minimum atomic E-state index is -5.19. The predicted molar refractivity (Wildman–Crippen MR) is 122 cm³/mol. The molecule has 0 fully saturated rings. The standard InChI is InChI=1S/C23H14ClF6OPS/c1-13-7-5-12-17(24)18(13)21(33)32(14-8-3-2-4-9-14)20(31)19-15(22(25,26)27)10-6-11-16(19)23(28,29)30/h2-12H,1H3. The maximum atomic E-state index is 13.7. The van der Waals surface area contributed by atoms with Gasteiger partial charge in [0.15, 0.2) is 5.52 Å². The molecule has 0 heterocycles. The molecule has 0 spiro atoms. The molecule has 3 aromatic rings. The van der Waals surface area contributed by atoms with Crippen LogP contribution in [0.25, 0.3) is 0 Å². The number of benzene rings is 3. The highest BCUT2D eigenvalue weighted by molar-refractivity contribution is 8.09. The second-order valence-electron chi connectivity index (χ2n) is 6.94. The summed E-state index contributed by atoms with van der Waals surface area (Å²) in [4.78, 5) is 13.6. The van der Waals surface area contributed by atoms with Crippen molar-refractivity contribution in [3.8, 4) is 0 Å². The van der Waals surface area contributed by atoms with Gasteiger partial charge in [0.05, 0.1) is 15.7 Å². The molecule has 3 aromatic carbocycles. The third kappa shape index (κ3) is 5.29. The van der Waals surface area contributed by atoms with E-state index in [9.17, 15) is 31.1 Å². The molecule has 0 aromatic heterocycles. The van der Waals surface area contributed by atoms with E-state index in [2.05, 4.69) is 0 Å². The van der Waals surface area contributed by atoms with Gasteiger partial charge in [0, 0.05) is 24.1 Å². The molecule has 0 saturated carbocycles. The molecular weight excluding hydrogens is 505 g/mol. The quantitative estimate of drug-likeness (QED) is 0.193. The summed E-state index contributed by atoms with van der Waals surface area (Å²) in [5.74, 6) is 0. The van der Waals surface area contributed by atoms with Gasteiger partial charge < -0.3 is 0 Å². The normalized spacial score (nSPS) is 13.0. The average Bonchev–Trinajstić information content (AvgIpc) is 2.72. The van der Waals surface area contributed by atoms with Gasteiger partial charge in [-0.25, -0.2) is 0 Å². The number of aryl methyl sites for hydroxylation is 1. The van der Waals surface area contributed by atoms with Crippen molar-refractivity contribution in [2.24, 2.45) is 0 Å². The van der Waals surface area contributed by atoms with Gasteiger partial charge in [-0.05, 0) is 36.0 Å². The number of carbonyl (C=O) groups excluding carboxylic acids is 1. The third-order valence-corrected chi connectivity index (χ3v) is 7.89. The SMILES string of the molecule is Cc1cccc(Cl)c1C(=S)P(C(=O)c1c(C(F)(F)F)cccc1C(F)(F)F)c1ccccc1. The minimum Gasteiger partial charge on any atom is -0.288 e. The van der Waals surface area contributed by atoms with Crippen LogP contribution in [-0.2, 0) is 12.4 Å². The Balaban J connectivity index is 2.32. The van der Waals surface area contributed by atoms with E-state index in [1.807, 2.05) is 0 Å². The van der Waals surface area contributed by atoms with Gasteiger partial charge >= 0.3 is 12.4 Å². The van der Waals surface area contributed by atoms with E-state index in [0.717, 1.165) is 0 Å². The molecule has 33 heavy (non-hydrogen) atoms. The van der Waals surface area contributed by atoms with Gasteiger partial charge in [-0.1, -0.05) is 72.3 Å². The lowest BCUT2D eigenvalue weighted by Crippen LogP contribution is -2.23. The van der Waals surface area contributed by atoms with E-state index < -0.39 is 42.5 Å². The van der Waals surface area contributed by atoms with Gasteiger partial charge in [0.25, 0.3) is 0 Å². The first-order chi connectivity index (χ1) is 15.3. The van der Waals surface area contributed by atoms with Crippen LogP contribution in [0.5, 0.6) is 0 Å². The Morgan fingerprint density at radius 2 is 1.30 bits per heavy atom. The summed E-state index contributed by atoms with van der Waals surface area (Å²) in [7, 11) is -2.48. The molecule has 0 bridgehead atoms. The van der Waals surface area contributed by atoms with Crippen molar-refractivity contribution in [1.82, 2.24) is 0 Å². The van der Waals surface area contributed by atoms with Crippen LogP contribution in [-0.4, -0.2) is 10.1 Å². The number of halogens is 7. The highest BCUT2D eigenvalue weighted by Crippen LogP contribution is 2.49. The molecule has 0 aliphatic carbocycles. The first-order valence-corrected chi connectivity index (χ1v) is 11.4. The summed E-state index contributed by atoms with van der Waals surface area (Å²) in [6, 6.07) is 13.9. The van der Waals surface area contributed by atoms with Crippen LogP contribution in [0.15, 0.2) is 66.7 Å². The fraction of sp³-hybridized carbons (Fsp3) is 0.130. The number of rotatable bonds is 5. The maximum Gasteiger partial charge on any atom is 0.417 e. The van der Waals surface area contributed by atoms with E-state index in [1.54, 1.807) is 25.1 Å². The lowest BCUT2D eigenvalue weighted by atomic mass is 10.0. The fourth-order valence-electron chi connectivity index (χ4n) is 3.29. The summed E-state index contributed by atoms with van der Waals surface area (Å²) in [5, 5.41) is 0.364. The highest BCUT2D eigenvalue weighted by atomic mass is 35.5. The molecule has 172 valence electrons.